The van der Waals surface area contributed by atoms with Crippen LogP contribution in [-0.4, -0.2) is 16.3 Å². The van der Waals surface area contributed by atoms with Gasteiger partial charge in [-0.25, -0.2) is 4.39 Å². The summed E-state index contributed by atoms with van der Waals surface area (Å²) in [6.07, 6.45) is 1.72. The van der Waals surface area contributed by atoms with E-state index in [1.165, 1.54) is 6.07 Å². The molecule has 0 spiro atoms. The van der Waals surface area contributed by atoms with E-state index in [4.69, 9.17) is 0 Å². The Bertz CT molecular complexity index is 564. The summed E-state index contributed by atoms with van der Waals surface area (Å²) in [5.74, 6) is -0.242. The smallest absolute Gasteiger partial charge is 0.129 e. The van der Waals surface area contributed by atoms with Crippen LogP contribution in [0.1, 0.15) is 24.2 Å². The van der Waals surface area contributed by atoms with E-state index < -0.39 is 0 Å². The Hall–Kier alpha value is -0.720. The molecule has 0 aliphatic rings. The lowest BCUT2D eigenvalue weighted by Gasteiger charge is -2.20. The van der Waals surface area contributed by atoms with Crippen molar-refractivity contribution in [1.82, 2.24) is 15.1 Å². The SMILES string of the molecule is CCNC(c1ccc(Br)cc1F)c1c(Br)cnn1C. The number of hydrogen-bond acceptors (Lipinski definition) is 2. The van der Waals surface area contributed by atoms with E-state index in [0.717, 1.165) is 21.2 Å². The van der Waals surface area contributed by atoms with Gasteiger partial charge >= 0.3 is 0 Å². The predicted octanol–water partition coefficient (Wildman–Crippen LogP) is 3.78. The molecule has 3 nitrogen and oxygen atoms in total. The molecule has 6 heteroatoms. The third-order valence-corrected chi connectivity index (χ3v) is 4.00. The van der Waals surface area contributed by atoms with Crippen molar-refractivity contribution in [2.24, 2.45) is 7.05 Å². The summed E-state index contributed by atoms with van der Waals surface area (Å²) in [6.45, 7) is 2.73. The number of benzene rings is 1. The number of halogens is 3. The van der Waals surface area contributed by atoms with Crippen LogP contribution in [0.25, 0.3) is 0 Å². The molecule has 1 heterocycles. The molecule has 0 radical (unpaired) electrons. The largest absolute Gasteiger partial charge is 0.305 e. The zero-order chi connectivity index (χ0) is 14.0. The maximum absolute atomic E-state index is 14.2. The van der Waals surface area contributed by atoms with Gasteiger partial charge in [-0.1, -0.05) is 28.9 Å². The van der Waals surface area contributed by atoms with E-state index in [1.807, 2.05) is 20.0 Å². The molecular formula is C13H14Br2FN3. The van der Waals surface area contributed by atoms with Crippen LogP contribution in [0, 0.1) is 5.82 Å². The van der Waals surface area contributed by atoms with Crippen LogP contribution < -0.4 is 5.32 Å². The molecule has 102 valence electrons. The minimum absolute atomic E-state index is 0.236. The fraction of sp³-hybridized carbons (Fsp3) is 0.308. The molecule has 0 bridgehead atoms. The van der Waals surface area contributed by atoms with Crippen LogP contribution in [0.15, 0.2) is 33.3 Å². The first-order valence-electron chi connectivity index (χ1n) is 5.90. The average Bonchev–Trinajstić information content (AvgIpc) is 2.67. The van der Waals surface area contributed by atoms with Gasteiger partial charge in [-0.3, -0.25) is 4.68 Å². The number of nitrogens with one attached hydrogen (secondary N) is 1. The van der Waals surface area contributed by atoms with Crippen molar-refractivity contribution >= 4 is 31.9 Å². The van der Waals surface area contributed by atoms with Crippen molar-refractivity contribution in [3.8, 4) is 0 Å². The fourth-order valence-corrected chi connectivity index (χ4v) is 2.95. The number of aromatic nitrogens is 2. The Balaban J connectivity index is 2.51. The molecule has 1 aromatic carbocycles. The fourth-order valence-electron chi connectivity index (χ4n) is 2.04. The van der Waals surface area contributed by atoms with Gasteiger partial charge in [0.25, 0.3) is 0 Å². The molecule has 2 rings (SSSR count). The Morgan fingerprint density at radius 3 is 2.68 bits per heavy atom. The Kier molecular flexibility index (Phi) is 4.76. The topological polar surface area (TPSA) is 29.9 Å². The van der Waals surface area contributed by atoms with Gasteiger partial charge in [-0.05, 0) is 34.6 Å². The Morgan fingerprint density at radius 2 is 2.16 bits per heavy atom. The van der Waals surface area contributed by atoms with E-state index in [0.29, 0.717) is 5.56 Å². The number of rotatable bonds is 4. The molecule has 0 aliphatic heterocycles. The second kappa shape index (κ2) is 6.15. The zero-order valence-corrected chi connectivity index (χ0v) is 13.8. The van der Waals surface area contributed by atoms with Crippen LogP contribution >= 0.6 is 31.9 Å². The molecule has 1 N–H and O–H groups in total. The first kappa shape index (κ1) is 14.7. The highest BCUT2D eigenvalue weighted by atomic mass is 79.9. The number of hydrogen-bond donors (Lipinski definition) is 1. The van der Waals surface area contributed by atoms with Gasteiger partial charge in [0, 0.05) is 17.1 Å². The molecule has 1 aromatic heterocycles. The number of aryl methyl sites for hydroxylation is 1. The Morgan fingerprint density at radius 1 is 1.42 bits per heavy atom. The maximum atomic E-state index is 14.2. The minimum Gasteiger partial charge on any atom is -0.305 e. The molecular weight excluding hydrogens is 377 g/mol. The first-order valence-corrected chi connectivity index (χ1v) is 7.49. The van der Waals surface area contributed by atoms with Gasteiger partial charge in [0.2, 0.25) is 0 Å². The first-order chi connectivity index (χ1) is 9.04. The normalized spacial score (nSPS) is 12.7. The summed E-state index contributed by atoms with van der Waals surface area (Å²) in [4.78, 5) is 0. The standard InChI is InChI=1S/C13H14Br2FN3/c1-3-17-12(13-10(15)7-18-19(13)2)9-5-4-8(14)6-11(9)16/h4-7,12,17H,3H2,1-2H3. The second-order valence-corrected chi connectivity index (χ2v) is 5.93. The monoisotopic (exact) mass is 389 g/mol. The quantitative estimate of drug-likeness (QED) is 0.860. The zero-order valence-electron chi connectivity index (χ0n) is 10.6. The predicted molar refractivity (Wildman–Crippen MR) is 80.5 cm³/mol. The number of nitrogens with zero attached hydrogens (tertiary/aromatic N) is 2. The molecule has 0 saturated carbocycles. The van der Waals surface area contributed by atoms with E-state index in [-0.39, 0.29) is 11.9 Å². The lowest BCUT2D eigenvalue weighted by molar-refractivity contribution is 0.530. The highest BCUT2D eigenvalue weighted by molar-refractivity contribution is 9.10. The van der Waals surface area contributed by atoms with Gasteiger partial charge in [0.15, 0.2) is 0 Å². The second-order valence-electron chi connectivity index (χ2n) is 4.16. The van der Waals surface area contributed by atoms with Crippen LogP contribution in [0.4, 0.5) is 4.39 Å². The highest BCUT2D eigenvalue weighted by Crippen LogP contribution is 2.30. The van der Waals surface area contributed by atoms with Crippen LogP contribution in [-0.2, 0) is 7.05 Å². The highest BCUT2D eigenvalue weighted by Gasteiger charge is 2.22. The third kappa shape index (κ3) is 3.07. The van der Waals surface area contributed by atoms with Crippen LogP contribution in [0.2, 0.25) is 0 Å². The summed E-state index contributed by atoms with van der Waals surface area (Å²) >= 11 is 6.74. The summed E-state index contributed by atoms with van der Waals surface area (Å²) in [6, 6.07) is 4.86. The van der Waals surface area contributed by atoms with Gasteiger partial charge in [-0.2, -0.15) is 5.10 Å². The average molecular weight is 391 g/mol. The molecule has 0 amide bonds. The van der Waals surface area contributed by atoms with Gasteiger partial charge < -0.3 is 5.32 Å². The van der Waals surface area contributed by atoms with Crippen molar-refractivity contribution in [2.45, 2.75) is 13.0 Å². The lowest BCUT2D eigenvalue weighted by atomic mass is 10.0. The van der Waals surface area contributed by atoms with Gasteiger partial charge in [-0.15, -0.1) is 0 Å². The third-order valence-electron chi connectivity index (χ3n) is 2.89. The molecule has 0 fully saturated rings. The van der Waals surface area contributed by atoms with Crippen molar-refractivity contribution in [2.75, 3.05) is 6.54 Å². The van der Waals surface area contributed by atoms with Crippen molar-refractivity contribution in [3.63, 3.8) is 0 Å². The molecule has 1 atom stereocenters. The van der Waals surface area contributed by atoms with Crippen molar-refractivity contribution in [1.29, 1.82) is 0 Å². The van der Waals surface area contributed by atoms with E-state index in [1.54, 1.807) is 16.9 Å². The van der Waals surface area contributed by atoms with Crippen LogP contribution in [0.5, 0.6) is 0 Å². The van der Waals surface area contributed by atoms with Gasteiger partial charge in [0.05, 0.1) is 22.4 Å². The molecule has 0 saturated heterocycles. The van der Waals surface area contributed by atoms with Crippen LogP contribution in [0.3, 0.4) is 0 Å². The lowest BCUT2D eigenvalue weighted by Crippen LogP contribution is -2.25. The van der Waals surface area contributed by atoms with E-state index >= 15 is 0 Å². The summed E-state index contributed by atoms with van der Waals surface area (Å²) in [5.41, 5.74) is 1.51. The molecule has 1 unspecified atom stereocenters. The van der Waals surface area contributed by atoms with Gasteiger partial charge in [0.1, 0.15) is 5.82 Å². The summed E-state index contributed by atoms with van der Waals surface area (Å²) in [5, 5.41) is 7.49. The molecule has 19 heavy (non-hydrogen) atoms. The molecule has 2 aromatic rings. The van der Waals surface area contributed by atoms with Crippen molar-refractivity contribution < 1.29 is 4.39 Å². The maximum Gasteiger partial charge on any atom is 0.129 e. The molecule has 0 aliphatic carbocycles. The van der Waals surface area contributed by atoms with E-state index in [2.05, 4.69) is 42.3 Å². The summed E-state index contributed by atoms with van der Waals surface area (Å²) < 4.78 is 17.5. The van der Waals surface area contributed by atoms with E-state index in [9.17, 15) is 4.39 Å². The minimum atomic E-state index is -0.242. The Labute approximate surface area is 128 Å². The van der Waals surface area contributed by atoms with Crippen molar-refractivity contribution in [3.05, 3.63) is 50.4 Å². The summed E-state index contributed by atoms with van der Waals surface area (Å²) in [7, 11) is 1.85.